The molecule has 1 aliphatic rings. The zero-order chi connectivity index (χ0) is 13.9. The molecule has 2 aromatic rings. The van der Waals surface area contributed by atoms with Gasteiger partial charge in [-0.15, -0.1) is 0 Å². The van der Waals surface area contributed by atoms with Gasteiger partial charge in [0.15, 0.2) is 0 Å². The first-order valence-corrected chi connectivity index (χ1v) is 6.99. The predicted molar refractivity (Wildman–Crippen MR) is 78.7 cm³/mol. The van der Waals surface area contributed by atoms with Crippen LogP contribution in [0.3, 0.4) is 0 Å². The highest BCUT2D eigenvalue weighted by Gasteiger charge is 2.30. The van der Waals surface area contributed by atoms with Crippen LogP contribution in [-0.4, -0.2) is 30.6 Å². The number of piperidine rings is 1. The summed E-state index contributed by atoms with van der Waals surface area (Å²) in [7, 11) is 1.46. The fourth-order valence-corrected chi connectivity index (χ4v) is 2.93. The number of hydrogen-bond acceptors (Lipinski definition) is 4. The van der Waals surface area contributed by atoms with Crippen molar-refractivity contribution < 1.29 is 9.53 Å². The summed E-state index contributed by atoms with van der Waals surface area (Å²) in [4.78, 5) is 18.6. The number of aromatic nitrogens is 1. The molecule has 1 aromatic heterocycles. The number of benzene rings is 1. The standard InChI is InChI=1S/C16H18N2O2/c1-20-16(19)15-8-4-5-11-18(15)14-9-10-17-13-7-3-2-6-12(13)14/h2-3,6-7,9-10,15H,4-5,8,11H2,1H3. The van der Waals surface area contributed by atoms with E-state index >= 15 is 0 Å². The van der Waals surface area contributed by atoms with E-state index in [0.29, 0.717) is 0 Å². The molecule has 4 nitrogen and oxygen atoms in total. The van der Waals surface area contributed by atoms with Gasteiger partial charge in [-0.2, -0.15) is 0 Å². The highest BCUT2D eigenvalue weighted by Crippen LogP contribution is 2.30. The normalized spacial score (nSPS) is 19.1. The monoisotopic (exact) mass is 270 g/mol. The number of esters is 1. The molecule has 0 spiro atoms. The molecule has 1 saturated heterocycles. The molecule has 3 rings (SSSR count). The SMILES string of the molecule is COC(=O)C1CCCCN1c1ccnc2ccccc12. The molecule has 2 heterocycles. The van der Waals surface area contributed by atoms with E-state index in [2.05, 4.69) is 16.0 Å². The summed E-state index contributed by atoms with van der Waals surface area (Å²) >= 11 is 0. The maximum Gasteiger partial charge on any atom is 0.328 e. The molecule has 0 amide bonds. The zero-order valence-corrected chi connectivity index (χ0v) is 11.6. The number of para-hydroxylation sites is 1. The van der Waals surface area contributed by atoms with E-state index in [1.54, 1.807) is 6.20 Å². The van der Waals surface area contributed by atoms with Crippen LogP contribution in [0.4, 0.5) is 5.69 Å². The van der Waals surface area contributed by atoms with Crippen molar-refractivity contribution in [2.45, 2.75) is 25.3 Å². The third kappa shape index (κ3) is 2.22. The molecule has 1 aromatic carbocycles. The smallest absolute Gasteiger partial charge is 0.328 e. The lowest BCUT2D eigenvalue weighted by Gasteiger charge is -2.36. The van der Waals surface area contributed by atoms with E-state index in [4.69, 9.17) is 4.74 Å². The van der Waals surface area contributed by atoms with Crippen molar-refractivity contribution in [3.05, 3.63) is 36.5 Å². The first-order valence-electron chi connectivity index (χ1n) is 6.99. The van der Waals surface area contributed by atoms with Crippen LogP contribution in [0.5, 0.6) is 0 Å². The van der Waals surface area contributed by atoms with Crippen molar-refractivity contribution in [2.24, 2.45) is 0 Å². The van der Waals surface area contributed by atoms with E-state index in [1.807, 2.05) is 24.3 Å². The fraction of sp³-hybridized carbons (Fsp3) is 0.375. The van der Waals surface area contributed by atoms with Gasteiger partial charge in [-0.05, 0) is 31.4 Å². The fourth-order valence-electron chi connectivity index (χ4n) is 2.93. The summed E-state index contributed by atoms with van der Waals surface area (Å²) in [5, 5.41) is 1.09. The van der Waals surface area contributed by atoms with Crippen LogP contribution in [0.25, 0.3) is 10.9 Å². The topological polar surface area (TPSA) is 42.4 Å². The molecule has 0 N–H and O–H groups in total. The third-order valence-corrected chi connectivity index (χ3v) is 3.91. The first kappa shape index (κ1) is 12.9. The Morgan fingerprint density at radius 3 is 3.00 bits per heavy atom. The van der Waals surface area contributed by atoms with Crippen molar-refractivity contribution in [3.63, 3.8) is 0 Å². The van der Waals surface area contributed by atoms with Crippen LogP contribution >= 0.6 is 0 Å². The molecular weight excluding hydrogens is 252 g/mol. The number of ether oxygens (including phenoxy) is 1. The number of carbonyl (C=O) groups is 1. The number of pyridine rings is 1. The number of carbonyl (C=O) groups excluding carboxylic acids is 1. The Labute approximate surface area is 118 Å². The van der Waals surface area contributed by atoms with E-state index in [0.717, 1.165) is 42.4 Å². The lowest BCUT2D eigenvalue weighted by Crippen LogP contribution is -2.45. The van der Waals surface area contributed by atoms with E-state index in [-0.39, 0.29) is 12.0 Å². The van der Waals surface area contributed by atoms with Gasteiger partial charge in [0.25, 0.3) is 0 Å². The molecule has 0 bridgehead atoms. The number of hydrogen-bond donors (Lipinski definition) is 0. The Morgan fingerprint density at radius 1 is 1.30 bits per heavy atom. The number of nitrogens with zero attached hydrogens (tertiary/aromatic N) is 2. The zero-order valence-electron chi connectivity index (χ0n) is 11.6. The van der Waals surface area contributed by atoms with E-state index in [1.165, 1.54) is 7.11 Å². The molecule has 0 radical (unpaired) electrons. The second kappa shape index (κ2) is 5.49. The summed E-state index contributed by atoms with van der Waals surface area (Å²) in [5.41, 5.74) is 2.03. The maximum absolute atomic E-state index is 12.0. The molecule has 1 unspecified atom stereocenters. The average molecular weight is 270 g/mol. The number of fused-ring (bicyclic) bond motifs is 1. The average Bonchev–Trinajstić information content (AvgIpc) is 2.53. The Kier molecular flexibility index (Phi) is 3.54. The minimum absolute atomic E-state index is 0.148. The summed E-state index contributed by atoms with van der Waals surface area (Å²) in [6.45, 7) is 0.883. The molecule has 20 heavy (non-hydrogen) atoms. The molecular formula is C16H18N2O2. The molecule has 1 aliphatic heterocycles. The highest BCUT2D eigenvalue weighted by atomic mass is 16.5. The van der Waals surface area contributed by atoms with Gasteiger partial charge in [0.1, 0.15) is 6.04 Å². The Bertz CT molecular complexity index is 621. The molecule has 0 aliphatic carbocycles. The van der Waals surface area contributed by atoms with E-state index < -0.39 is 0 Å². The summed E-state index contributed by atoms with van der Waals surface area (Å²) in [5.74, 6) is -0.148. The molecule has 1 fully saturated rings. The van der Waals surface area contributed by atoms with Gasteiger partial charge >= 0.3 is 5.97 Å². The summed E-state index contributed by atoms with van der Waals surface area (Å²) < 4.78 is 4.96. The quantitative estimate of drug-likeness (QED) is 0.787. The van der Waals surface area contributed by atoms with Crippen LogP contribution in [0, 0.1) is 0 Å². The van der Waals surface area contributed by atoms with Gasteiger partial charge in [0.05, 0.1) is 12.6 Å². The highest BCUT2D eigenvalue weighted by molar-refractivity contribution is 5.93. The van der Waals surface area contributed by atoms with Crippen LogP contribution in [-0.2, 0) is 9.53 Å². The van der Waals surface area contributed by atoms with Crippen molar-refractivity contribution in [1.82, 2.24) is 4.98 Å². The molecule has 0 saturated carbocycles. The van der Waals surface area contributed by atoms with Crippen LogP contribution in [0.1, 0.15) is 19.3 Å². The second-order valence-corrected chi connectivity index (χ2v) is 5.08. The van der Waals surface area contributed by atoms with Gasteiger partial charge < -0.3 is 9.64 Å². The lowest BCUT2D eigenvalue weighted by molar-refractivity contribution is -0.142. The van der Waals surface area contributed by atoms with E-state index in [9.17, 15) is 4.79 Å². The van der Waals surface area contributed by atoms with Crippen molar-refractivity contribution in [2.75, 3.05) is 18.6 Å². The third-order valence-electron chi connectivity index (χ3n) is 3.91. The Hall–Kier alpha value is -2.10. The number of rotatable bonds is 2. The molecule has 1 atom stereocenters. The first-order chi connectivity index (χ1) is 9.81. The van der Waals surface area contributed by atoms with Crippen molar-refractivity contribution in [1.29, 1.82) is 0 Å². The van der Waals surface area contributed by atoms with Crippen molar-refractivity contribution in [3.8, 4) is 0 Å². The lowest BCUT2D eigenvalue weighted by atomic mass is 10.0. The molecule has 4 heteroatoms. The Balaban J connectivity index is 2.06. The second-order valence-electron chi connectivity index (χ2n) is 5.08. The number of methoxy groups -OCH3 is 1. The minimum Gasteiger partial charge on any atom is -0.467 e. The largest absolute Gasteiger partial charge is 0.467 e. The summed E-state index contributed by atoms with van der Waals surface area (Å²) in [6.07, 6.45) is 4.83. The summed E-state index contributed by atoms with van der Waals surface area (Å²) in [6, 6.07) is 9.84. The van der Waals surface area contributed by atoms with Gasteiger partial charge in [-0.1, -0.05) is 18.2 Å². The van der Waals surface area contributed by atoms with Gasteiger partial charge in [0, 0.05) is 23.8 Å². The van der Waals surface area contributed by atoms with Gasteiger partial charge in [-0.3, -0.25) is 4.98 Å². The van der Waals surface area contributed by atoms with Gasteiger partial charge in [0.2, 0.25) is 0 Å². The van der Waals surface area contributed by atoms with Gasteiger partial charge in [-0.25, -0.2) is 4.79 Å². The van der Waals surface area contributed by atoms with Crippen molar-refractivity contribution >= 4 is 22.6 Å². The Morgan fingerprint density at radius 2 is 2.15 bits per heavy atom. The van der Waals surface area contributed by atoms with Crippen LogP contribution < -0.4 is 4.90 Å². The van der Waals surface area contributed by atoms with Crippen LogP contribution in [0.15, 0.2) is 36.5 Å². The molecule has 104 valence electrons. The minimum atomic E-state index is -0.181. The maximum atomic E-state index is 12.0. The van der Waals surface area contributed by atoms with Crippen LogP contribution in [0.2, 0.25) is 0 Å². The predicted octanol–water partition coefficient (Wildman–Crippen LogP) is 2.77. The number of anilines is 1.